The quantitative estimate of drug-likeness (QED) is 0.433. The zero-order valence-electron chi connectivity index (χ0n) is 16.6. The van der Waals surface area contributed by atoms with Crippen molar-refractivity contribution >= 4 is 34.4 Å². The topological polar surface area (TPSA) is 32.8 Å². The first kappa shape index (κ1) is 21.1. The summed E-state index contributed by atoms with van der Waals surface area (Å²) >= 11 is 2.34. The minimum absolute atomic E-state index is 0.193. The first-order valence-electron chi connectivity index (χ1n) is 9.29. The van der Waals surface area contributed by atoms with Gasteiger partial charge >= 0.3 is 6.09 Å². The lowest BCUT2D eigenvalue weighted by atomic mass is 10.0. The van der Waals surface area contributed by atoms with Crippen molar-refractivity contribution in [1.29, 1.82) is 0 Å². The van der Waals surface area contributed by atoms with E-state index in [4.69, 9.17) is 4.74 Å². The highest BCUT2D eigenvalue weighted by molar-refractivity contribution is 14.1. The molecule has 0 atom stereocenters. The van der Waals surface area contributed by atoms with Crippen LogP contribution in [0.3, 0.4) is 0 Å². The number of carbonyl (C=O) groups excluding carboxylic acids is 1. The summed E-state index contributed by atoms with van der Waals surface area (Å²) in [4.78, 5) is 16.6. The number of halogens is 1. The summed E-state index contributed by atoms with van der Waals surface area (Å²) < 4.78 is 6.76. The minimum atomic E-state index is -0.440. The second-order valence-electron chi connectivity index (χ2n) is 8.11. The summed E-state index contributed by atoms with van der Waals surface area (Å²) in [7, 11) is 0. The highest BCUT2D eigenvalue weighted by atomic mass is 127. The van der Waals surface area contributed by atoms with E-state index in [0.717, 1.165) is 32.5 Å². The minimum Gasteiger partial charge on any atom is -0.444 e. The molecule has 1 aliphatic heterocycles. The van der Waals surface area contributed by atoms with Gasteiger partial charge in [0.25, 0.3) is 0 Å². The fourth-order valence-corrected chi connectivity index (χ4v) is 3.42. The van der Waals surface area contributed by atoms with Gasteiger partial charge in [-0.2, -0.15) is 0 Å². The van der Waals surface area contributed by atoms with E-state index in [1.54, 1.807) is 0 Å². The summed E-state index contributed by atoms with van der Waals surface area (Å²) in [6.07, 6.45) is 4.00. The molecule has 1 aromatic carbocycles. The van der Waals surface area contributed by atoms with Crippen molar-refractivity contribution in [1.82, 2.24) is 4.90 Å². The van der Waals surface area contributed by atoms with Gasteiger partial charge in [0.15, 0.2) is 0 Å². The van der Waals surface area contributed by atoms with Crippen LogP contribution in [-0.4, -0.2) is 42.3 Å². The maximum atomic E-state index is 12.3. The van der Waals surface area contributed by atoms with Crippen LogP contribution in [0.2, 0.25) is 0 Å². The van der Waals surface area contributed by atoms with Crippen LogP contribution in [0.5, 0.6) is 0 Å². The summed E-state index contributed by atoms with van der Waals surface area (Å²) in [5, 5.41) is 0. The Labute approximate surface area is 171 Å². The Hall–Kier alpha value is -1.24. The standard InChI is InChI=1S/C21H31IN2O2/c1-16(2)10-15-24(18-8-6-17(22)7-9-18)19-11-13-23(14-12-19)20(25)26-21(3,4)5/h6-10,19H,11-15H2,1-5H3. The molecule has 5 heteroatoms. The van der Waals surface area contributed by atoms with Crippen LogP contribution < -0.4 is 4.90 Å². The normalized spacial score (nSPS) is 15.5. The molecule has 2 rings (SSSR count). The first-order valence-corrected chi connectivity index (χ1v) is 10.4. The summed E-state index contributed by atoms with van der Waals surface area (Å²) in [6.45, 7) is 12.4. The molecule has 1 fully saturated rings. The number of nitrogens with zero attached hydrogens (tertiary/aromatic N) is 2. The molecule has 0 aromatic heterocycles. The van der Waals surface area contributed by atoms with Gasteiger partial charge in [-0.15, -0.1) is 0 Å². The van der Waals surface area contributed by atoms with Crippen molar-refractivity contribution in [2.45, 2.75) is 59.1 Å². The molecule has 1 heterocycles. The van der Waals surface area contributed by atoms with Crippen LogP contribution in [0.15, 0.2) is 35.9 Å². The SMILES string of the molecule is CC(C)=CCN(c1ccc(I)cc1)C1CCN(C(=O)OC(C)(C)C)CC1. The number of likely N-dealkylation sites (tertiary alicyclic amines) is 1. The van der Waals surface area contributed by atoms with Crippen molar-refractivity contribution < 1.29 is 9.53 Å². The third-order valence-corrected chi connectivity index (χ3v) is 5.13. The largest absolute Gasteiger partial charge is 0.444 e. The molecule has 0 saturated carbocycles. The molecule has 1 amide bonds. The first-order chi connectivity index (χ1) is 12.2. The van der Waals surface area contributed by atoms with Gasteiger partial charge in [0.2, 0.25) is 0 Å². The van der Waals surface area contributed by atoms with E-state index in [2.05, 4.69) is 71.7 Å². The molecule has 0 unspecified atom stereocenters. The van der Waals surface area contributed by atoms with Gasteiger partial charge in [-0.05, 0) is 94.3 Å². The lowest BCUT2D eigenvalue weighted by Crippen LogP contribution is -2.48. The van der Waals surface area contributed by atoms with Crippen molar-refractivity contribution in [3.8, 4) is 0 Å². The molecule has 1 aliphatic rings. The number of piperidine rings is 1. The number of hydrogen-bond acceptors (Lipinski definition) is 3. The number of anilines is 1. The fourth-order valence-electron chi connectivity index (χ4n) is 3.07. The molecule has 0 bridgehead atoms. The number of ether oxygens (including phenoxy) is 1. The van der Waals surface area contributed by atoms with Gasteiger partial charge in [0.1, 0.15) is 5.60 Å². The van der Waals surface area contributed by atoms with E-state index in [-0.39, 0.29) is 6.09 Å². The van der Waals surface area contributed by atoms with Crippen molar-refractivity contribution in [2.75, 3.05) is 24.5 Å². The third-order valence-electron chi connectivity index (χ3n) is 4.41. The van der Waals surface area contributed by atoms with Crippen LogP contribution in [0.1, 0.15) is 47.5 Å². The van der Waals surface area contributed by atoms with Gasteiger partial charge in [0, 0.05) is 34.9 Å². The number of allylic oxidation sites excluding steroid dienone is 1. The fraction of sp³-hybridized carbons (Fsp3) is 0.571. The van der Waals surface area contributed by atoms with E-state index < -0.39 is 5.60 Å². The summed E-state index contributed by atoms with van der Waals surface area (Å²) in [6, 6.07) is 9.13. The van der Waals surface area contributed by atoms with E-state index in [0.29, 0.717) is 6.04 Å². The molecule has 144 valence electrons. The van der Waals surface area contributed by atoms with Gasteiger partial charge in [0.05, 0.1) is 0 Å². The Morgan fingerprint density at radius 3 is 2.31 bits per heavy atom. The predicted molar refractivity (Wildman–Crippen MR) is 117 cm³/mol. The lowest BCUT2D eigenvalue weighted by Gasteiger charge is -2.39. The van der Waals surface area contributed by atoms with Gasteiger partial charge < -0.3 is 14.5 Å². The zero-order chi connectivity index (χ0) is 19.3. The van der Waals surface area contributed by atoms with Crippen LogP contribution in [0.25, 0.3) is 0 Å². The number of carbonyl (C=O) groups is 1. The van der Waals surface area contributed by atoms with Gasteiger partial charge in [-0.25, -0.2) is 4.79 Å². The molecule has 1 saturated heterocycles. The highest BCUT2D eigenvalue weighted by Crippen LogP contribution is 2.25. The van der Waals surface area contributed by atoms with Crippen LogP contribution in [-0.2, 0) is 4.74 Å². The van der Waals surface area contributed by atoms with E-state index in [1.165, 1.54) is 14.8 Å². The number of hydrogen-bond donors (Lipinski definition) is 0. The van der Waals surface area contributed by atoms with Crippen LogP contribution in [0.4, 0.5) is 10.5 Å². The molecule has 0 aliphatic carbocycles. The number of amides is 1. The predicted octanol–water partition coefficient (Wildman–Crippen LogP) is 5.46. The highest BCUT2D eigenvalue weighted by Gasteiger charge is 2.29. The molecule has 0 spiro atoms. The van der Waals surface area contributed by atoms with Crippen molar-refractivity contribution in [3.05, 3.63) is 39.5 Å². The Kier molecular flexibility index (Phi) is 7.38. The number of benzene rings is 1. The van der Waals surface area contributed by atoms with E-state index in [9.17, 15) is 4.79 Å². The maximum absolute atomic E-state index is 12.3. The average Bonchev–Trinajstić information content (AvgIpc) is 2.55. The Balaban J connectivity index is 2.05. The molecular weight excluding hydrogens is 439 g/mol. The smallest absolute Gasteiger partial charge is 0.410 e. The summed E-state index contributed by atoms with van der Waals surface area (Å²) in [5.74, 6) is 0. The molecule has 0 radical (unpaired) electrons. The lowest BCUT2D eigenvalue weighted by molar-refractivity contribution is 0.0205. The third kappa shape index (κ3) is 6.49. The number of rotatable bonds is 4. The average molecular weight is 470 g/mol. The monoisotopic (exact) mass is 470 g/mol. The molecular formula is C21H31IN2O2. The maximum Gasteiger partial charge on any atom is 0.410 e. The molecule has 26 heavy (non-hydrogen) atoms. The molecule has 1 aromatic rings. The van der Waals surface area contributed by atoms with Crippen molar-refractivity contribution in [2.24, 2.45) is 0 Å². The second-order valence-corrected chi connectivity index (χ2v) is 9.35. The van der Waals surface area contributed by atoms with Gasteiger partial charge in [-0.3, -0.25) is 0 Å². The summed E-state index contributed by atoms with van der Waals surface area (Å²) in [5.41, 5.74) is 2.13. The zero-order valence-corrected chi connectivity index (χ0v) is 18.7. The van der Waals surface area contributed by atoms with E-state index in [1.807, 2.05) is 25.7 Å². The van der Waals surface area contributed by atoms with Gasteiger partial charge in [-0.1, -0.05) is 11.6 Å². The van der Waals surface area contributed by atoms with E-state index >= 15 is 0 Å². The second kappa shape index (κ2) is 9.11. The van der Waals surface area contributed by atoms with Crippen molar-refractivity contribution in [3.63, 3.8) is 0 Å². The Bertz CT molecular complexity index is 622. The molecule has 4 nitrogen and oxygen atoms in total. The molecule has 0 N–H and O–H groups in total. The van der Waals surface area contributed by atoms with Crippen LogP contribution in [0, 0.1) is 3.57 Å². The Morgan fingerprint density at radius 2 is 1.81 bits per heavy atom. The Morgan fingerprint density at radius 1 is 1.23 bits per heavy atom. The van der Waals surface area contributed by atoms with Crippen LogP contribution >= 0.6 is 22.6 Å².